The van der Waals surface area contributed by atoms with E-state index in [4.69, 9.17) is 16.2 Å². The third-order valence-electron chi connectivity index (χ3n) is 4.77. The molecule has 3 rings (SSSR count). The minimum atomic E-state index is -0.452. The lowest BCUT2D eigenvalue weighted by atomic mass is 9.92. The SMILES string of the molecule is Cl.Cl.Nc1cc(CCCNC(=O)C(N)C2CCOCC2)nn1-c1ccccc1. The molecular formula is C19H29Cl2N5O2. The van der Waals surface area contributed by atoms with Crippen molar-refractivity contribution in [2.24, 2.45) is 11.7 Å². The van der Waals surface area contributed by atoms with Gasteiger partial charge in [0.2, 0.25) is 5.91 Å². The summed E-state index contributed by atoms with van der Waals surface area (Å²) in [4.78, 5) is 12.2. The van der Waals surface area contributed by atoms with Crippen LogP contribution in [0.4, 0.5) is 5.82 Å². The minimum absolute atomic E-state index is 0. The van der Waals surface area contributed by atoms with Crippen LogP contribution in [0.5, 0.6) is 0 Å². The summed E-state index contributed by atoms with van der Waals surface area (Å²) < 4.78 is 7.05. The van der Waals surface area contributed by atoms with Crippen LogP contribution in [-0.4, -0.2) is 41.5 Å². The second-order valence-corrected chi connectivity index (χ2v) is 6.68. The number of hydrogen-bond acceptors (Lipinski definition) is 5. The number of carbonyl (C=O) groups is 1. The van der Waals surface area contributed by atoms with Gasteiger partial charge in [-0.2, -0.15) is 5.10 Å². The summed E-state index contributed by atoms with van der Waals surface area (Å²) in [5.74, 6) is 0.744. The molecule has 7 nitrogen and oxygen atoms in total. The van der Waals surface area contributed by atoms with Gasteiger partial charge in [0.15, 0.2) is 0 Å². The molecular weight excluding hydrogens is 401 g/mol. The number of aromatic nitrogens is 2. The number of benzene rings is 1. The molecule has 1 aromatic carbocycles. The molecule has 1 atom stereocenters. The number of aryl methyl sites for hydroxylation is 1. The van der Waals surface area contributed by atoms with Gasteiger partial charge in [0.25, 0.3) is 0 Å². The Morgan fingerprint density at radius 2 is 1.93 bits per heavy atom. The minimum Gasteiger partial charge on any atom is -0.384 e. The van der Waals surface area contributed by atoms with Gasteiger partial charge in [0, 0.05) is 25.8 Å². The Labute approximate surface area is 178 Å². The lowest BCUT2D eigenvalue weighted by Gasteiger charge is -2.26. The lowest BCUT2D eigenvalue weighted by Crippen LogP contribution is -2.47. The number of amides is 1. The monoisotopic (exact) mass is 429 g/mol. The predicted molar refractivity (Wildman–Crippen MR) is 115 cm³/mol. The van der Waals surface area contributed by atoms with Crippen LogP contribution in [0.1, 0.15) is 25.0 Å². The Bertz CT molecular complexity index is 720. The van der Waals surface area contributed by atoms with Gasteiger partial charge in [-0.3, -0.25) is 4.79 Å². The number of ether oxygens (including phenoxy) is 1. The zero-order chi connectivity index (χ0) is 18.4. The molecule has 0 bridgehead atoms. The average molecular weight is 430 g/mol. The van der Waals surface area contributed by atoms with E-state index in [1.54, 1.807) is 4.68 Å². The van der Waals surface area contributed by atoms with Gasteiger partial charge in [-0.25, -0.2) is 4.68 Å². The molecule has 1 unspecified atom stereocenters. The van der Waals surface area contributed by atoms with Crippen molar-refractivity contribution in [3.8, 4) is 5.69 Å². The fourth-order valence-electron chi connectivity index (χ4n) is 3.23. The molecule has 1 aliphatic heterocycles. The van der Waals surface area contributed by atoms with E-state index < -0.39 is 6.04 Å². The highest BCUT2D eigenvalue weighted by atomic mass is 35.5. The fraction of sp³-hybridized carbons (Fsp3) is 0.474. The number of carbonyl (C=O) groups excluding carboxylic acids is 1. The summed E-state index contributed by atoms with van der Waals surface area (Å²) in [7, 11) is 0. The zero-order valence-electron chi connectivity index (χ0n) is 15.8. The average Bonchev–Trinajstić information content (AvgIpc) is 3.06. The van der Waals surface area contributed by atoms with E-state index in [1.165, 1.54) is 0 Å². The number of nitrogen functional groups attached to an aromatic ring is 1. The second kappa shape index (κ2) is 11.9. The molecule has 5 N–H and O–H groups in total. The molecule has 1 aliphatic rings. The van der Waals surface area contributed by atoms with Gasteiger partial charge in [-0.05, 0) is 43.7 Å². The van der Waals surface area contributed by atoms with Crippen molar-refractivity contribution in [2.45, 2.75) is 31.7 Å². The smallest absolute Gasteiger partial charge is 0.237 e. The van der Waals surface area contributed by atoms with Crippen LogP contribution in [0, 0.1) is 5.92 Å². The van der Waals surface area contributed by atoms with Crippen LogP contribution >= 0.6 is 24.8 Å². The Morgan fingerprint density at radius 3 is 2.61 bits per heavy atom. The predicted octanol–water partition coefficient (Wildman–Crippen LogP) is 2.10. The normalized spacial score (nSPS) is 15.2. The van der Waals surface area contributed by atoms with E-state index in [0.717, 1.165) is 37.1 Å². The van der Waals surface area contributed by atoms with Gasteiger partial charge in [-0.15, -0.1) is 24.8 Å². The number of halogens is 2. The number of hydrogen-bond donors (Lipinski definition) is 3. The summed E-state index contributed by atoms with van der Waals surface area (Å²) in [5, 5.41) is 7.48. The molecule has 1 saturated heterocycles. The largest absolute Gasteiger partial charge is 0.384 e. The quantitative estimate of drug-likeness (QED) is 0.583. The molecule has 9 heteroatoms. The first kappa shape index (κ1) is 24.2. The third kappa shape index (κ3) is 6.38. The summed E-state index contributed by atoms with van der Waals surface area (Å²) >= 11 is 0. The van der Waals surface area contributed by atoms with Gasteiger partial charge < -0.3 is 21.5 Å². The van der Waals surface area contributed by atoms with E-state index in [-0.39, 0.29) is 36.6 Å². The van der Waals surface area contributed by atoms with Crippen molar-refractivity contribution in [3.63, 3.8) is 0 Å². The van der Waals surface area contributed by atoms with Crippen LogP contribution in [0.15, 0.2) is 36.4 Å². The third-order valence-corrected chi connectivity index (χ3v) is 4.77. The number of rotatable bonds is 7. The maximum absolute atomic E-state index is 12.2. The lowest BCUT2D eigenvalue weighted by molar-refractivity contribution is -0.124. The molecule has 2 heterocycles. The Balaban J connectivity index is 0.00000196. The van der Waals surface area contributed by atoms with Gasteiger partial charge in [0.05, 0.1) is 17.4 Å². The molecule has 1 aromatic heterocycles. The van der Waals surface area contributed by atoms with Crippen LogP contribution in [0.3, 0.4) is 0 Å². The molecule has 0 spiro atoms. The molecule has 0 aliphatic carbocycles. The molecule has 156 valence electrons. The number of nitrogens with one attached hydrogen (secondary N) is 1. The van der Waals surface area contributed by atoms with E-state index in [2.05, 4.69) is 10.4 Å². The molecule has 0 radical (unpaired) electrons. The van der Waals surface area contributed by atoms with Crippen molar-refractivity contribution in [1.82, 2.24) is 15.1 Å². The van der Waals surface area contributed by atoms with E-state index in [1.807, 2.05) is 36.4 Å². The van der Waals surface area contributed by atoms with Crippen LogP contribution in [0.25, 0.3) is 5.69 Å². The molecule has 1 fully saturated rings. The van der Waals surface area contributed by atoms with Crippen molar-refractivity contribution in [3.05, 3.63) is 42.1 Å². The highest BCUT2D eigenvalue weighted by Gasteiger charge is 2.26. The number of nitrogens with two attached hydrogens (primary N) is 2. The van der Waals surface area contributed by atoms with Crippen molar-refractivity contribution < 1.29 is 9.53 Å². The van der Waals surface area contributed by atoms with E-state index in [9.17, 15) is 4.79 Å². The van der Waals surface area contributed by atoms with Gasteiger partial charge in [-0.1, -0.05) is 18.2 Å². The molecule has 2 aromatic rings. The first-order chi connectivity index (χ1) is 12.6. The first-order valence-electron chi connectivity index (χ1n) is 9.16. The highest BCUT2D eigenvalue weighted by molar-refractivity contribution is 5.85. The maximum atomic E-state index is 12.2. The summed E-state index contributed by atoms with van der Waals surface area (Å²) in [6.45, 7) is 1.96. The van der Waals surface area contributed by atoms with E-state index >= 15 is 0 Å². The summed E-state index contributed by atoms with van der Waals surface area (Å²) in [6, 6.07) is 11.2. The van der Waals surface area contributed by atoms with Gasteiger partial charge in [0.1, 0.15) is 5.82 Å². The van der Waals surface area contributed by atoms with E-state index in [0.29, 0.717) is 25.6 Å². The second-order valence-electron chi connectivity index (χ2n) is 6.68. The van der Waals surface area contributed by atoms with Gasteiger partial charge >= 0.3 is 0 Å². The van der Waals surface area contributed by atoms with Crippen LogP contribution in [0.2, 0.25) is 0 Å². The molecule has 1 amide bonds. The Morgan fingerprint density at radius 1 is 1.25 bits per heavy atom. The van der Waals surface area contributed by atoms with Crippen LogP contribution in [-0.2, 0) is 16.0 Å². The molecule has 28 heavy (non-hydrogen) atoms. The highest BCUT2D eigenvalue weighted by Crippen LogP contribution is 2.18. The van der Waals surface area contributed by atoms with Crippen molar-refractivity contribution in [1.29, 1.82) is 0 Å². The Kier molecular flexibility index (Phi) is 10.3. The molecule has 0 saturated carbocycles. The first-order valence-corrected chi connectivity index (χ1v) is 9.16. The maximum Gasteiger partial charge on any atom is 0.237 e. The van der Waals surface area contributed by atoms with Crippen LogP contribution < -0.4 is 16.8 Å². The number of anilines is 1. The summed E-state index contributed by atoms with van der Waals surface area (Å²) in [6.07, 6.45) is 3.24. The van der Waals surface area contributed by atoms with Crippen molar-refractivity contribution >= 4 is 36.5 Å². The zero-order valence-corrected chi connectivity index (χ0v) is 17.4. The topological polar surface area (TPSA) is 108 Å². The van der Waals surface area contributed by atoms with Crippen molar-refractivity contribution in [2.75, 3.05) is 25.5 Å². The standard InChI is InChI=1S/C19H27N5O2.2ClH/c20-17-13-15(23-24(17)16-6-2-1-3-7-16)5-4-10-22-19(25)18(21)14-8-11-26-12-9-14;;/h1-3,6-7,13-14,18H,4-5,8-12,20-21H2,(H,22,25);2*1H. The summed E-state index contributed by atoms with van der Waals surface area (Å²) in [5.41, 5.74) is 14.0. The Hall–Kier alpha value is -1.80. The number of para-hydroxylation sites is 1. The fourth-order valence-corrected chi connectivity index (χ4v) is 3.23. The number of nitrogens with zero attached hydrogens (tertiary/aromatic N) is 2.